The van der Waals surface area contributed by atoms with Crippen molar-refractivity contribution >= 4 is 22.8 Å². The van der Waals surface area contributed by atoms with Crippen molar-refractivity contribution in [3.05, 3.63) is 28.3 Å². The van der Waals surface area contributed by atoms with Crippen molar-refractivity contribution < 1.29 is 14.1 Å². The van der Waals surface area contributed by atoms with Crippen molar-refractivity contribution in [1.29, 1.82) is 0 Å². The van der Waals surface area contributed by atoms with Crippen LogP contribution >= 0.6 is 0 Å². The Kier molecular flexibility index (Phi) is 2.63. The van der Waals surface area contributed by atoms with Crippen LogP contribution in [-0.2, 0) is 4.74 Å². The second kappa shape index (κ2) is 4.40. The van der Waals surface area contributed by atoms with Crippen molar-refractivity contribution in [3.63, 3.8) is 0 Å². The maximum absolute atomic E-state index is 11.0. The third-order valence-corrected chi connectivity index (χ3v) is 4.33. The lowest BCUT2D eigenvalue weighted by molar-refractivity contribution is -0.383. The molecule has 3 N–H and O–H groups in total. The van der Waals surface area contributed by atoms with Crippen LogP contribution in [0.3, 0.4) is 0 Å². The zero-order valence-corrected chi connectivity index (χ0v) is 11.1. The number of nitrogens with one attached hydrogen (secondary N) is 1. The molecule has 1 aliphatic heterocycles. The Balaban J connectivity index is 1.63. The van der Waals surface area contributed by atoms with Crippen molar-refractivity contribution in [2.75, 3.05) is 11.9 Å². The number of nitrogens with zero attached hydrogens (tertiary/aromatic N) is 2. The molecule has 110 valence electrons. The van der Waals surface area contributed by atoms with Crippen LogP contribution in [-0.4, -0.2) is 34.7 Å². The summed E-state index contributed by atoms with van der Waals surface area (Å²) in [6.45, 7) is 0.722. The Morgan fingerprint density at radius 2 is 2.33 bits per heavy atom. The number of nitro benzene ring substituents is 1. The summed E-state index contributed by atoms with van der Waals surface area (Å²) in [7, 11) is 0. The van der Waals surface area contributed by atoms with Gasteiger partial charge in [0.1, 0.15) is 0 Å². The van der Waals surface area contributed by atoms with Gasteiger partial charge in [-0.1, -0.05) is 6.07 Å². The largest absolute Gasteiger partial charge is 0.423 e. The number of benzene rings is 1. The molecule has 1 aromatic carbocycles. The van der Waals surface area contributed by atoms with E-state index in [0.29, 0.717) is 11.5 Å². The van der Waals surface area contributed by atoms with Gasteiger partial charge in [0.15, 0.2) is 11.1 Å². The summed E-state index contributed by atoms with van der Waals surface area (Å²) in [5, 5.41) is 14.1. The number of aromatic nitrogens is 1. The van der Waals surface area contributed by atoms with E-state index in [0.717, 1.165) is 13.0 Å². The number of oxazole rings is 1. The number of hydrogen-bond donors (Lipinski definition) is 2. The van der Waals surface area contributed by atoms with E-state index in [-0.39, 0.29) is 35.4 Å². The number of hydrogen-bond acceptors (Lipinski definition) is 7. The summed E-state index contributed by atoms with van der Waals surface area (Å²) < 4.78 is 11.1. The first kappa shape index (κ1) is 12.5. The lowest BCUT2D eigenvalue weighted by Gasteiger charge is -2.45. The molecule has 0 radical (unpaired) electrons. The van der Waals surface area contributed by atoms with Crippen LogP contribution in [0.1, 0.15) is 6.42 Å². The molecule has 1 saturated carbocycles. The highest BCUT2D eigenvalue weighted by Crippen LogP contribution is 2.39. The average molecular weight is 290 g/mol. The van der Waals surface area contributed by atoms with Crippen LogP contribution in [0, 0.1) is 16.0 Å². The van der Waals surface area contributed by atoms with E-state index >= 15 is 0 Å². The van der Waals surface area contributed by atoms with Crippen LogP contribution in [0.5, 0.6) is 0 Å². The molecule has 0 bridgehead atoms. The third kappa shape index (κ3) is 1.79. The van der Waals surface area contributed by atoms with Crippen molar-refractivity contribution in [2.45, 2.75) is 24.6 Å². The van der Waals surface area contributed by atoms with Crippen LogP contribution < -0.4 is 11.1 Å². The first-order chi connectivity index (χ1) is 10.1. The van der Waals surface area contributed by atoms with Gasteiger partial charge in [0.25, 0.3) is 11.7 Å². The van der Waals surface area contributed by atoms with E-state index in [9.17, 15) is 10.1 Å². The molecule has 0 amide bonds. The van der Waals surface area contributed by atoms with Gasteiger partial charge in [0.05, 0.1) is 17.1 Å². The number of fused-ring (bicyclic) bond motifs is 2. The van der Waals surface area contributed by atoms with E-state index in [4.69, 9.17) is 14.9 Å². The monoisotopic (exact) mass is 290 g/mol. The predicted molar refractivity (Wildman–Crippen MR) is 73.9 cm³/mol. The maximum atomic E-state index is 11.0. The lowest BCUT2D eigenvalue weighted by Crippen LogP contribution is -2.65. The summed E-state index contributed by atoms with van der Waals surface area (Å²) >= 11 is 0. The standard InChI is InChI=1S/C13H14N4O4/c14-9-6-4-5-20-12(6)11(9)16-13-15-10-7(17(18)19)2-1-3-8(10)21-13/h1-3,6,9,11-12H,4-5,14H2,(H,15,16). The van der Waals surface area contributed by atoms with Crippen LogP contribution in [0.2, 0.25) is 0 Å². The number of ether oxygens (including phenoxy) is 1. The molecule has 0 spiro atoms. The topological polar surface area (TPSA) is 116 Å². The number of anilines is 1. The Hall–Kier alpha value is -2.19. The molecule has 2 fully saturated rings. The molecule has 1 aliphatic carbocycles. The SMILES string of the molecule is NC1C2CCOC2C1Nc1nc2c([N+](=O)[O-])cccc2o1. The second-order valence-corrected chi connectivity index (χ2v) is 5.44. The fraction of sp³-hybridized carbons (Fsp3) is 0.462. The first-order valence-corrected chi connectivity index (χ1v) is 6.83. The molecule has 21 heavy (non-hydrogen) atoms. The second-order valence-electron chi connectivity index (χ2n) is 5.44. The summed E-state index contributed by atoms with van der Waals surface area (Å²) in [6, 6.07) is 4.79. The van der Waals surface area contributed by atoms with E-state index < -0.39 is 4.92 Å². The fourth-order valence-electron chi connectivity index (χ4n) is 3.21. The van der Waals surface area contributed by atoms with Crippen LogP contribution in [0.15, 0.2) is 22.6 Å². The lowest BCUT2D eigenvalue weighted by atomic mass is 9.72. The molecule has 1 aromatic heterocycles. The van der Waals surface area contributed by atoms with Gasteiger partial charge in [-0.05, 0) is 12.5 Å². The number of nitrogens with two attached hydrogens (primary N) is 1. The number of nitro groups is 1. The molecule has 8 nitrogen and oxygen atoms in total. The highest BCUT2D eigenvalue weighted by molar-refractivity contribution is 5.84. The van der Waals surface area contributed by atoms with Gasteiger partial charge in [0, 0.05) is 24.6 Å². The summed E-state index contributed by atoms with van der Waals surface area (Å²) in [5.41, 5.74) is 6.65. The first-order valence-electron chi connectivity index (χ1n) is 6.83. The summed E-state index contributed by atoms with van der Waals surface area (Å²) in [4.78, 5) is 14.7. The van der Waals surface area contributed by atoms with Crippen molar-refractivity contribution in [1.82, 2.24) is 4.98 Å². The van der Waals surface area contributed by atoms with Crippen LogP contribution in [0.25, 0.3) is 11.1 Å². The Morgan fingerprint density at radius 1 is 1.48 bits per heavy atom. The highest BCUT2D eigenvalue weighted by Gasteiger charge is 2.52. The van der Waals surface area contributed by atoms with Gasteiger partial charge >= 0.3 is 0 Å². The van der Waals surface area contributed by atoms with E-state index in [1.807, 2.05) is 0 Å². The average Bonchev–Trinajstić information content (AvgIpc) is 3.07. The zero-order valence-electron chi connectivity index (χ0n) is 11.1. The van der Waals surface area contributed by atoms with Gasteiger partial charge < -0.3 is 20.2 Å². The van der Waals surface area contributed by atoms with Gasteiger partial charge in [-0.15, -0.1) is 0 Å². The normalized spacial score (nSPS) is 30.9. The van der Waals surface area contributed by atoms with Crippen molar-refractivity contribution in [3.8, 4) is 0 Å². The summed E-state index contributed by atoms with van der Waals surface area (Å²) in [6.07, 6.45) is 1.05. The molecule has 8 heteroatoms. The molecule has 2 aromatic rings. The number of rotatable bonds is 3. The van der Waals surface area contributed by atoms with E-state index in [1.165, 1.54) is 6.07 Å². The quantitative estimate of drug-likeness (QED) is 0.645. The fourth-order valence-corrected chi connectivity index (χ4v) is 3.21. The molecule has 1 saturated heterocycles. The van der Waals surface area contributed by atoms with Gasteiger partial charge in [-0.3, -0.25) is 10.1 Å². The molecule has 2 aliphatic rings. The van der Waals surface area contributed by atoms with Gasteiger partial charge in [-0.2, -0.15) is 4.98 Å². The van der Waals surface area contributed by atoms with E-state index in [2.05, 4.69) is 10.3 Å². The molecular formula is C13H14N4O4. The Bertz CT molecular complexity index is 715. The molecule has 2 heterocycles. The Morgan fingerprint density at radius 3 is 3.14 bits per heavy atom. The molecule has 4 rings (SSSR count). The smallest absolute Gasteiger partial charge is 0.298 e. The third-order valence-electron chi connectivity index (χ3n) is 4.33. The molecular weight excluding hydrogens is 276 g/mol. The van der Waals surface area contributed by atoms with E-state index in [1.54, 1.807) is 12.1 Å². The molecule has 4 unspecified atom stereocenters. The minimum atomic E-state index is -0.472. The van der Waals surface area contributed by atoms with Crippen molar-refractivity contribution in [2.24, 2.45) is 11.7 Å². The van der Waals surface area contributed by atoms with Gasteiger partial charge in [-0.25, -0.2) is 0 Å². The molecule has 4 atom stereocenters. The summed E-state index contributed by atoms with van der Waals surface area (Å²) in [5.74, 6) is 0.376. The minimum Gasteiger partial charge on any atom is -0.423 e. The van der Waals surface area contributed by atoms with Gasteiger partial charge in [0.2, 0.25) is 0 Å². The van der Waals surface area contributed by atoms with Crippen LogP contribution in [0.4, 0.5) is 11.7 Å². The highest BCUT2D eigenvalue weighted by atomic mass is 16.6. The minimum absolute atomic E-state index is 0.0116. The zero-order chi connectivity index (χ0) is 14.6. The number of non-ortho nitro benzene ring substituents is 1. The number of para-hydroxylation sites is 1. The Labute approximate surface area is 119 Å². The maximum Gasteiger partial charge on any atom is 0.298 e. The predicted octanol–water partition coefficient (Wildman–Crippen LogP) is 1.26.